The van der Waals surface area contributed by atoms with Crippen molar-refractivity contribution in [3.05, 3.63) is 28.7 Å². The summed E-state index contributed by atoms with van der Waals surface area (Å²) in [6.45, 7) is 1.67. The van der Waals surface area contributed by atoms with Gasteiger partial charge in [-0.25, -0.2) is 0 Å². The van der Waals surface area contributed by atoms with E-state index in [1.807, 2.05) is 36.2 Å². The molecule has 1 aromatic rings. The zero-order valence-electron chi connectivity index (χ0n) is 13.3. The van der Waals surface area contributed by atoms with Gasteiger partial charge in [-0.15, -0.1) is 12.4 Å². The maximum atomic E-state index is 12.2. The molecule has 0 radical (unpaired) electrons. The summed E-state index contributed by atoms with van der Waals surface area (Å²) in [5.74, 6) is 0.739. The second kappa shape index (κ2) is 10.4. The number of benzene rings is 1. The summed E-state index contributed by atoms with van der Waals surface area (Å²) in [6.07, 6.45) is 3.21. The summed E-state index contributed by atoms with van der Waals surface area (Å²) < 4.78 is 13.1. The molecule has 7 heteroatoms. The van der Waals surface area contributed by atoms with Crippen molar-refractivity contribution in [2.75, 3.05) is 25.9 Å². The monoisotopic (exact) mass is 422 g/mol. The first-order chi connectivity index (χ1) is 10.6. The number of amides is 1. The van der Waals surface area contributed by atoms with Gasteiger partial charge in [0.25, 0.3) is 0 Å². The van der Waals surface area contributed by atoms with Crippen LogP contribution in [0.25, 0.3) is 0 Å². The number of carbonyl (C=O) groups is 1. The average Bonchev–Trinajstić information content (AvgIpc) is 2.55. The van der Waals surface area contributed by atoms with E-state index in [4.69, 9.17) is 0 Å². The molecular formula is C16H24BrClN2O2S. The molecule has 1 fully saturated rings. The van der Waals surface area contributed by atoms with Gasteiger partial charge in [-0.05, 0) is 50.6 Å². The van der Waals surface area contributed by atoms with E-state index in [-0.39, 0.29) is 18.3 Å². The first-order valence-electron chi connectivity index (χ1n) is 7.69. The van der Waals surface area contributed by atoms with E-state index >= 15 is 0 Å². The molecule has 1 unspecified atom stereocenters. The van der Waals surface area contributed by atoms with Crippen molar-refractivity contribution in [2.24, 2.45) is 0 Å². The normalized spacial score (nSPS) is 16.7. The number of halogens is 2. The second-order valence-electron chi connectivity index (χ2n) is 5.55. The van der Waals surface area contributed by atoms with Crippen LogP contribution in [0.4, 0.5) is 0 Å². The summed E-state index contributed by atoms with van der Waals surface area (Å²) in [4.78, 5) is 14.9. The van der Waals surface area contributed by atoms with E-state index in [2.05, 4.69) is 21.2 Å². The second-order valence-corrected chi connectivity index (χ2v) is 8.04. The third-order valence-corrected chi connectivity index (χ3v) is 6.04. The number of nitrogens with one attached hydrogen (secondary N) is 1. The Morgan fingerprint density at radius 2 is 1.91 bits per heavy atom. The van der Waals surface area contributed by atoms with E-state index < -0.39 is 10.8 Å². The summed E-state index contributed by atoms with van der Waals surface area (Å²) in [5, 5.41) is 3.26. The van der Waals surface area contributed by atoms with Crippen LogP contribution in [0.15, 0.2) is 33.6 Å². The molecular weight excluding hydrogens is 400 g/mol. The van der Waals surface area contributed by atoms with Crippen LogP contribution in [0, 0.1) is 0 Å². The van der Waals surface area contributed by atoms with Gasteiger partial charge in [-0.3, -0.25) is 9.00 Å². The number of hydrogen-bond donors (Lipinski definition) is 1. The van der Waals surface area contributed by atoms with Gasteiger partial charge in [0.2, 0.25) is 5.91 Å². The van der Waals surface area contributed by atoms with Gasteiger partial charge in [-0.1, -0.05) is 15.9 Å². The lowest BCUT2D eigenvalue weighted by Gasteiger charge is -2.31. The number of likely N-dealkylation sites (tertiary alicyclic amines) is 1. The Bertz CT molecular complexity index is 519. The van der Waals surface area contributed by atoms with Crippen molar-refractivity contribution < 1.29 is 9.00 Å². The predicted octanol–water partition coefficient (Wildman–Crippen LogP) is 2.97. The van der Waals surface area contributed by atoms with Gasteiger partial charge in [0.1, 0.15) is 0 Å². The molecule has 23 heavy (non-hydrogen) atoms. The van der Waals surface area contributed by atoms with Gasteiger partial charge in [-0.2, -0.15) is 0 Å². The number of rotatable bonds is 6. The van der Waals surface area contributed by atoms with E-state index in [0.717, 1.165) is 35.3 Å². The Morgan fingerprint density at radius 3 is 2.48 bits per heavy atom. The highest BCUT2D eigenvalue weighted by Crippen LogP contribution is 2.15. The van der Waals surface area contributed by atoms with Gasteiger partial charge in [0.05, 0.1) is 10.8 Å². The van der Waals surface area contributed by atoms with Crippen LogP contribution in [0.1, 0.15) is 25.7 Å². The van der Waals surface area contributed by atoms with Crippen molar-refractivity contribution in [1.82, 2.24) is 10.2 Å². The van der Waals surface area contributed by atoms with Crippen LogP contribution in [0.5, 0.6) is 0 Å². The third kappa shape index (κ3) is 6.53. The number of hydrogen-bond acceptors (Lipinski definition) is 3. The Kier molecular flexibility index (Phi) is 9.36. The number of piperidine rings is 1. The number of carbonyl (C=O) groups excluding carboxylic acids is 1. The topological polar surface area (TPSA) is 49.4 Å². The fourth-order valence-corrected chi connectivity index (χ4v) is 3.98. The molecule has 0 bridgehead atoms. The fraction of sp³-hybridized carbons (Fsp3) is 0.562. The molecule has 1 N–H and O–H groups in total. The van der Waals surface area contributed by atoms with E-state index in [0.29, 0.717) is 24.6 Å². The Hall–Kier alpha value is -0.430. The quantitative estimate of drug-likeness (QED) is 0.765. The molecule has 1 saturated heterocycles. The highest BCUT2D eigenvalue weighted by Gasteiger charge is 2.21. The zero-order chi connectivity index (χ0) is 15.9. The van der Waals surface area contributed by atoms with Crippen LogP contribution in [0.2, 0.25) is 0 Å². The maximum Gasteiger partial charge on any atom is 0.222 e. The van der Waals surface area contributed by atoms with Crippen molar-refractivity contribution in [3.63, 3.8) is 0 Å². The summed E-state index contributed by atoms with van der Waals surface area (Å²) in [5.41, 5.74) is 0. The Balaban J connectivity index is 0.00000264. The lowest BCUT2D eigenvalue weighted by atomic mass is 10.0. The molecule has 1 aliphatic rings. The third-order valence-electron chi connectivity index (χ3n) is 4.05. The summed E-state index contributed by atoms with van der Waals surface area (Å²) in [6, 6.07) is 8.05. The van der Waals surface area contributed by atoms with Crippen LogP contribution >= 0.6 is 28.3 Å². The van der Waals surface area contributed by atoms with E-state index in [9.17, 15) is 9.00 Å². The van der Waals surface area contributed by atoms with Gasteiger partial charge in [0, 0.05) is 40.7 Å². The predicted molar refractivity (Wildman–Crippen MR) is 101 cm³/mol. The first-order valence-corrected chi connectivity index (χ1v) is 9.80. The minimum absolute atomic E-state index is 0. The molecule has 0 saturated carbocycles. The minimum Gasteiger partial charge on any atom is -0.343 e. The van der Waals surface area contributed by atoms with Crippen molar-refractivity contribution in [2.45, 2.75) is 36.6 Å². The van der Waals surface area contributed by atoms with Crippen molar-refractivity contribution >= 4 is 45.0 Å². The summed E-state index contributed by atoms with van der Waals surface area (Å²) in [7, 11) is 0.950. The molecule has 1 amide bonds. The molecule has 0 spiro atoms. The van der Waals surface area contributed by atoms with Gasteiger partial charge in [0.15, 0.2) is 0 Å². The highest BCUT2D eigenvalue weighted by molar-refractivity contribution is 9.10. The lowest BCUT2D eigenvalue weighted by molar-refractivity contribution is -0.132. The largest absolute Gasteiger partial charge is 0.343 e. The van der Waals surface area contributed by atoms with Crippen LogP contribution in [-0.4, -0.2) is 46.9 Å². The fourth-order valence-electron chi connectivity index (χ4n) is 2.63. The molecule has 1 heterocycles. The minimum atomic E-state index is -1.02. The molecule has 130 valence electrons. The molecule has 1 aromatic carbocycles. The molecule has 1 atom stereocenters. The van der Waals surface area contributed by atoms with E-state index in [1.54, 1.807) is 0 Å². The smallest absolute Gasteiger partial charge is 0.222 e. The van der Waals surface area contributed by atoms with E-state index in [1.165, 1.54) is 0 Å². The van der Waals surface area contributed by atoms with Crippen LogP contribution < -0.4 is 5.32 Å². The van der Waals surface area contributed by atoms with Gasteiger partial charge < -0.3 is 10.2 Å². The first kappa shape index (κ1) is 20.6. The zero-order valence-corrected chi connectivity index (χ0v) is 16.5. The molecule has 0 aromatic heterocycles. The molecule has 2 rings (SSSR count). The molecule has 0 aliphatic carbocycles. The average molecular weight is 424 g/mol. The van der Waals surface area contributed by atoms with Crippen molar-refractivity contribution in [3.8, 4) is 0 Å². The SMILES string of the molecule is CNC1CCN(C(=O)CCCS(=O)c2ccc(Br)cc2)CC1.Cl. The summed E-state index contributed by atoms with van der Waals surface area (Å²) >= 11 is 3.37. The lowest BCUT2D eigenvalue weighted by Crippen LogP contribution is -2.43. The van der Waals surface area contributed by atoms with Gasteiger partial charge >= 0.3 is 0 Å². The van der Waals surface area contributed by atoms with Crippen LogP contribution in [-0.2, 0) is 15.6 Å². The Labute approximate surface area is 155 Å². The van der Waals surface area contributed by atoms with Crippen LogP contribution in [0.3, 0.4) is 0 Å². The molecule has 4 nitrogen and oxygen atoms in total. The molecule has 1 aliphatic heterocycles. The van der Waals surface area contributed by atoms with Crippen molar-refractivity contribution in [1.29, 1.82) is 0 Å². The highest BCUT2D eigenvalue weighted by atomic mass is 79.9. The standard InChI is InChI=1S/C16H23BrN2O2S.ClH/c1-18-14-8-10-19(11-9-14)16(20)3-2-12-22(21)15-6-4-13(17)5-7-15;/h4-7,14,18H,2-3,8-12H2,1H3;1H. The number of nitrogens with zero attached hydrogens (tertiary/aromatic N) is 1. The Morgan fingerprint density at radius 1 is 1.30 bits per heavy atom. The maximum absolute atomic E-state index is 12.2.